The normalized spacial score (nSPS) is 12.5. The molecule has 82 heavy (non-hydrogen) atoms. The number of para-hydroxylation sites is 4. The molecule has 4 heterocycles. The van der Waals surface area contributed by atoms with Crippen molar-refractivity contribution in [1.29, 1.82) is 0 Å². The van der Waals surface area contributed by atoms with Gasteiger partial charge in [-0.15, -0.1) is 0 Å². The largest absolute Gasteiger partial charge is 0.309 e. The summed E-state index contributed by atoms with van der Waals surface area (Å²) in [7, 11) is -3.22. The predicted octanol–water partition coefficient (Wildman–Crippen LogP) is 20.6. The van der Waals surface area contributed by atoms with E-state index in [0.29, 0.717) is 0 Å². The smallest absolute Gasteiger partial charge is 0.0776 e. The number of aryl methyl sites for hydroxylation is 4. The molecule has 4 aromatic heterocycles. The van der Waals surface area contributed by atoms with Gasteiger partial charge in [-0.1, -0.05) is 220 Å². The molecule has 15 rings (SSSR count). The van der Waals surface area contributed by atoms with E-state index in [0.717, 1.165) is 0 Å². The topological polar surface area (TPSA) is 15.3 Å². The van der Waals surface area contributed by atoms with Gasteiger partial charge in [-0.3, -0.25) is 0 Å². The second-order valence-corrected chi connectivity index (χ2v) is 35.3. The van der Waals surface area contributed by atoms with Crippen LogP contribution in [0.4, 0.5) is 34.1 Å². The molecule has 398 valence electrons. The Morgan fingerprint density at radius 2 is 0.671 bits per heavy atom. The Morgan fingerprint density at radius 1 is 0.293 bits per heavy atom. The van der Waals surface area contributed by atoms with E-state index in [1.165, 1.54) is 165 Å². The van der Waals surface area contributed by atoms with E-state index in [2.05, 4.69) is 304 Å². The van der Waals surface area contributed by atoms with Gasteiger partial charge in [0.2, 0.25) is 0 Å². The molecule has 11 aromatic carbocycles. The van der Waals surface area contributed by atoms with Crippen molar-refractivity contribution in [2.75, 3.05) is 9.80 Å². The number of nitrogens with zero attached hydrogens (tertiary/aromatic N) is 4. The van der Waals surface area contributed by atoms with Crippen molar-refractivity contribution in [1.82, 2.24) is 8.80 Å². The van der Waals surface area contributed by atoms with E-state index in [9.17, 15) is 0 Å². The number of fused-ring (bicyclic) bond motifs is 12. The Balaban J connectivity index is 1.02. The summed E-state index contributed by atoms with van der Waals surface area (Å²) in [6.07, 6.45) is 0. The lowest BCUT2D eigenvalue weighted by atomic mass is 9.96. The molecule has 0 saturated heterocycles. The summed E-state index contributed by atoms with van der Waals surface area (Å²) in [6.45, 7) is 23.9. The number of hydrogen-bond acceptors (Lipinski definition) is 2. The monoisotopic (exact) mass is 1090 g/mol. The van der Waals surface area contributed by atoms with Crippen molar-refractivity contribution in [2.45, 2.75) is 67.0 Å². The highest BCUT2D eigenvalue weighted by Gasteiger charge is 2.32. The molecule has 0 unspecified atom stereocenters. The highest BCUT2D eigenvalue weighted by molar-refractivity contribution is 6.89. The molecule has 0 saturated carbocycles. The summed E-state index contributed by atoms with van der Waals surface area (Å²) in [5, 5.41) is 13.0. The molecule has 6 heteroatoms. The molecule has 0 N–H and O–H groups in total. The molecule has 0 bridgehead atoms. The third kappa shape index (κ3) is 7.40. The first-order valence-corrected chi connectivity index (χ1v) is 36.1. The van der Waals surface area contributed by atoms with Crippen LogP contribution < -0.4 is 20.2 Å². The van der Waals surface area contributed by atoms with Gasteiger partial charge in [0.1, 0.15) is 0 Å². The molecule has 0 radical (unpaired) electrons. The lowest BCUT2D eigenvalue weighted by Gasteiger charge is -2.32. The van der Waals surface area contributed by atoms with Crippen molar-refractivity contribution >= 4 is 137 Å². The number of benzene rings is 11. The Bertz CT molecular complexity index is 4730. The first-order chi connectivity index (χ1) is 39.7. The molecule has 0 aliphatic carbocycles. The summed E-state index contributed by atoms with van der Waals surface area (Å²) >= 11 is 0. The fourth-order valence-corrected chi connectivity index (χ4v) is 16.4. The fraction of sp³-hybridized carbons (Fsp3) is 0.132. The van der Waals surface area contributed by atoms with Gasteiger partial charge in [-0.25, -0.2) is 0 Å². The standard InChI is InChI=1S/C76H66N4Si2/c1-47-23-21-31-55(51-25-13-11-14-26-51)73(47)77(63-39-35-53(43-49(63)3)81(5,6)7)67-41-37-57-61-45-70-62(46-69(61)79-65-33-19-17-29-59(65)71(67)75(57)79)58-38-42-68(72-60-30-18-20-34-66(60)80(70)76(58)72)78(64-40-36-54(44-50(64)4)82(8,9)10)74-48(2)24-22-32-56(74)52-27-15-12-16-28-52/h11-46H,1-10H3. The zero-order chi connectivity index (χ0) is 56.1. The third-order valence-corrected chi connectivity index (χ3v) is 22.0. The van der Waals surface area contributed by atoms with Gasteiger partial charge in [-0.2, -0.15) is 0 Å². The van der Waals surface area contributed by atoms with Gasteiger partial charge in [0.15, 0.2) is 0 Å². The number of rotatable bonds is 10. The summed E-state index contributed by atoms with van der Waals surface area (Å²) in [6, 6.07) is 83.0. The van der Waals surface area contributed by atoms with Crippen molar-refractivity contribution < 1.29 is 0 Å². The van der Waals surface area contributed by atoms with E-state index < -0.39 is 16.1 Å². The highest BCUT2D eigenvalue weighted by atomic mass is 28.3. The van der Waals surface area contributed by atoms with E-state index in [-0.39, 0.29) is 0 Å². The summed E-state index contributed by atoms with van der Waals surface area (Å²) in [4.78, 5) is 5.20. The van der Waals surface area contributed by atoms with Crippen LogP contribution in [-0.4, -0.2) is 24.9 Å². The number of aromatic nitrogens is 2. The minimum Gasteiger partial charge on any atom is -0.309 e. The maximum Gasteiger partial charge on any atom is 0.0776 e. The van der Waals surface area contributed by atoms with Gasteiger partial charge < -0.3 is 18.6 Å². The van der Waals surface area contributed by atoms with Crippen LogP contribution in [0.2, 0.25) is 39.3 Å². The molecule has 4 nitrogen and oxygen atoms in total. The molecule has 0 atom stereocenters. The van der Waals surface area contributed by atoms with Crippen molar-refractivity contribution in [3.05, 3.63) is 241 Å². The van der Waals surface area contributed by atoms with Crippen LogP contribution in [0.5, 0.6) is 0 Å². The molecular weight excluding hydrogens is 1030 g/mol. The highest BCUT2D eigenvalue weighted by Crippen LogP contribution is 2.54. The lowest BCUT2D eigenvalue weighted by molar-refractivity contribution is 1.24. The predicted molar refractivity (Wildman–Crippen MR) is 361 cm³/mol. The summed E-state index contributed by atoms with van der Waals surface area (Å²) in [5.74, 6) is 0. The minimum atomic E-state index is -1.61. The van der Waals surface area contributed by atoms with Gasteiger partial charge in [0.05, 0.1) is 72.0 Å². The summed E-state index contributed by atoms with van der Waals surface area (Å²) < 4.78 is 5.17. The molecule has 0 amide bonds. The number of anilines is 6. The maximum atomic E-state index is 2.60. The molecule has 0 aliphatic rings. The molecule has 0 spiro atoms. The van der Waals surface area contributed by atoms with Crippen LogP contribution in [-0.2, 0) is 0 Å². The van der Waals surface area contributed by atoms with Gasteiger partial charge in [0, 0.05) is 65.6 Å². The quantitative estimate of drug-likeness (QED) is 0.127. The van der Waals surface area contributed by atoms with Crippen LogP contribution in [0.25, 0.3) is 98.4 Å². The van der Waals surface area contributed by atoms with Crippen LogP contribution in [0.3, 0.4) is 0 Å². The van der Waals surface area contributed by atoms with Crippen molar-refractivity contribution in [2.24, 2.45) is 0 Å². The Hall–Kier alpha value is -8.95. The van der Waals surface area contributed by atoms with Crippen molar-refractivity contribution in [3.8, 4) is 22.3 Å². The van der Waals surface area contributed by atoms with Crippen LogP contribution in [0, 0.1) is 27.7 Å². The number of hydrogen-bond donors (Lipinski definition) is 0. The van der Waals surface area contributed by atoms with Crippen LogP contribution in [0.1, 0.15) is 22.3 Å². The molecule has 15 aromatic rings. The zero-order valence-electron chi connectivity index (χ0n) is 48.6. The Kier molecular flexibility index (Phi) is 11.2. The molecule has 0 aliphatic heterocycles. The zero-order valence-corrected chi connectivity index (χ0v) is 50.6. The van der Waals surface area contributed by atoms with E-state index in [4.69, 9.17) is 0 Å². The van der Waals surface area contributed by atoms with Gasteiger partial charge in [0.25, 0.3) is 0 Å². The molecular formula is C76H66N4Si2. The second kappa shape index (κ2) is 18.3. The first-order valence-electron chi connectivity index (χ1n) is 29.1. The lowest BCUT2D eigenvalue weighted by Crippen LogP contribution is -2.37. The van der Waals surface area contributed by atoms with Gasteiger partial charge in [-0.05, 0) is 110 Å². The summed E-state index contributed by atoms with van der Waals surface area (Å²) in [5.41, 5.74) is 24.4. The SMILES string of the molecule is Cc1cc([Si](C)(C)C)ccc1N(c1c(C)cccc1-c1ccccc1)c1ccc2c3cc4c(cc3n3c5ccccc5c1c23)c1ccc(N(c2ccc([Si](C)(C)C)cc2C)c2c(C)cccc2-c2ccccc2)c2c3ccccc3n4c12. The Morgan fingerprint density at radius 3 is 1.06 bits per heavy atom. The average molecular weight is 1090 g/mol. The average Bonchev–Trinajstić information content (AvgIpc) is 3.09. The van der Waals surface area contributed by atoms with E-state index >= 15 is 0 Å². The second-order valence-electron chi connectivity index (χ2n) is 25.2. The van der Waals surface area contributed by atoms with Crippen LogP contribution in [0.15, 0.2) is 218 Å². The maximum absolute atomic E-state index is 2.60. The Labute approximate surface area is 482 Å². The van der Waals surface area contributed by atoms with Gasteiger partial charge >= 0.3 is 0 Å². The fourth-order valence-electron chi connectivity index (χ4n) is 13.9. The first kappa shape index (κ1) is 50.0. The van der Waals surface area contributed by atoms with Crippen molar-refractivity contribution in [3.63, 3.8) is 0 Å². The molecule has 0 fully saturated rings. The van der Waals surface area contributed by atoms with E-state index in [1.807, 2.05) is 0 Å². The third-order valence-electron chi connectivity index (χ3n) is 17.9. The van der Waals surface area contributed by atoms with E-state index in [1.54, 1.807) is 0 Å². The minimum absolute atomic E-state index is 1.18. The van der Waals surface area contributed by atoms with Crippen LogP contribution >= 0.6 is 0 Å².